The molecule has 0 aromatic heterocycles. The van der Waals surface area contributed by atoms with Crippen molar-refractivity contribution in [1.82, 2.24) is 10.2 Å². The first kappa shape index (κ1) is 18.4. The van der Waals surface area contributed by atoms with E-state index in [4.69, 9.17) is 0 Å². The molecule has 0 bridgehead atoms. The lowest BCUT2D eigenvalue weighted by Gasteiger charge is -2.12. The minimum absolute atomic E-state index is 0.284. The maximum absolute atomic E-state index is 12.4. The molecule has 5 nitrogen and oxygen atoms in total. The van der Waals surface area contributed by atoms with Crippen LogP contribution in [0.1, 0.15) is 11.1 Å². The zero-order valence-electron chi connectivity index (χ0n) is 13.6. The van der Waals surface area contributed by atoms with Crippen LogP contribution in [0.2, 0.25) is 0 Å². The van der Waals surface area contributed by atoms with Crippen molar-refractivity contribution >= 4 is 50.8 Å². The Morgan fingerprint density at radius 1 is 1.12 bits per heavy atom. The number of nitrogens with one attached hydrogen (secondary N) is 1. The normalized spacial score (nSPS) is 15.6. The van der Waals surface area contributed by atoms with Crippen LogP contribution in [-0.2, 0) is 16.1 Å². The molecule has 1 aliphatic rings. The van der Waals surface area contributed by atoms with E-state index >= 15 is 0 Å². The Balaban J connectivity index is 1.62. The summed E-state index contributed by atoms with van der Waals surface area (Å²) in [5.41, 5.74) is 1.75. The van der Waals surface area contributed by atoms with Crippen molar-refractivity contribution in [3.8, 4) is 0 Å². The molecule has 1 fully saturated rings. The first-order valence-electron chi connectivity index (χ1n) is 7.84. The highest BCUT2D eigenvalue weighted by Gasteiger charge is 2.36. The first-order chi connectivity index (χ1) is 12.5. The molecular weight excluding hydrogens is 416 g/mol. The summed E-state index contributed by atoms with van der Waals surface area (Å²) in [4.78, 5) is 37.9. The van der Waals surface area contributed by atoms with Gasteiger partial charge in [-0.05, 0) is 41.1 Å². The van der Waals surface area contributed by atoms with Gasteiger partial charge in [0.2, 0.25) is 5.91 Å². The Labute approximate surface area is 163 Å². The Kier molecular flexibility index (Phi) is 5.90. The lowest BCUT2D eigenvalue weighted by Crippen LogP contribution is -2.39. The minimum atomic E-state index is -0.449. The lowest BCUT2D eigenvalue weighted by atomic mass is 10.2. The average molecular weight is 431 g/mol. The van der Waals surface area contributed by atoms with E-state index in [0.29, 0.717) is 11.4 Å². The number of halogens is 1. The minimum Gasteiger partial charge on any atom is -0.350 e. The lowest BCUT2D eigenvalue weighted by molar-refractivity contribution is -0.129. The first-order valence-corrected chi connectivity index (χ1v) is 9.45. The molecule has 2 aromatic carbocycles. The Morgan fingerprint density at radius 2 is 1.88 bits per heavy atom. The molecule has 0 aliphatic carbocycles. The van der Waals surface area contributed by atoms with E-state index < -0.39 is 11.1 Å². The molecule has 0 saturated carbocycles. The zero-order valence-corrected chi connectivity index (χ0v) is 16.0. The number of rotatable bonds is 5. The van der Waals surface area contributed by atoms with Crippen LogP contribution in [-0.4, -0.2) is 28.5 Å². The number of carbonyl (C=O) groups is 3. The van der Waals surface area contributed by atoms with E-state index in [1.54, 1.807) is 6.08 Å². The van der Waals surface area contributed by atoms with Crippen LogP contribution in [0.5, 0.6) is 0 Å². The Bertz CT molecular complexity index is 883. The molecule has 1 heterocycles. The van der Waals surface area contributed by atoms with Crippen LogP contribution >= 0.6 is 27.7 Å². The molecule has 0 radical (unpaired) electrons. The fourth-order valence-corrected chi connectivity index (χ4v) is 3.64. The van der Waals surface area contributed by atoms with Gasteiger partial charge < -0.3 is 5.32 Å². The van der Waals surface area contributed by atoms with E-state index in [-0.39, 0.29) is 12.5 Å². The molecule has 1 aliphatic heterocycles. The summed E-state index contributed by atoms with van der Waals surface area (Å²) >= 11 is 4.21. The van der Waals surface area contributed by atoms with Crippen molar-refractivity contribution in [2.24, 2.45) is 0 Å². The van der Waals surface area contributed by atoms with Gasteiger partial charge in [0.1, 0.15) is 6.54 Å². The van der Waals surface area contributed by atoms with Crippen LogP contribution in [0.4, 0.5) is 4.79 Å². The fraction of sp³-hybridized carbons (Fsp3) is 0.105. The van der Waals surface area contributed by atoms with Crippen LogP contribution in [0, 0.1) is 0 Å². The Hall–Kier alpha value is -2.38. The summed E-state index contributed by atoms with van der Waals surface area (Å²) in [6.45, 7) is 0.0666. The van der Waals surface area contributed by atoms with Crippen molar-refractivity contribution in [1.29, 1.82) is 0 Å². The maximum atomic E-state index is 12.4. The maximum Gasteiger partial charge on any atom is 0.294 e. The predicted octanol–water partition coefficient (Wildman–Crippen LogP) is 3.80. The highest BCUT2D eigenvalue weighted by molar-refractivity contribution is 9.10. The van der Waals surface area contributed by atoms with Gasteiger partial charge in [0.15, 0.2) is 0 Å². The Morgan fingerprint density at radius 3 is 2.62 bits per heavy atom. The number of nitrogens with zero attached hydrogens (tertiary/aromatic N) is 1. The molecule has 3 rings (SSSR count). The monoisotopic (exact) mass is 430 g/mol. The van der Waals surface area contributed by atoms with E-state index in [1.165, 1.54) is 0 Å². The molecule has 7 heteroatoms. The van der Waals surface area contributed by atoms with Gasteiger partial charge in [-0.2, -0.15) is 0 Å². The zero-order chi connectivity index (χ0) is 18.5. The van der Waals surface area contributed by atoms with Gasteiger partial charge in [-0.15, -0.1) is 0 Å². The van der Waals surface area contributed by atoms with Crippen LogP contribution in [0.25, 0.3) is 6.08 Å². The topological polar surface area (TPSA) is 66.5 Å². The molecule has 1 N–H and O–H groups in total. The third-order valence-electron chi connectivity index (χ3n) is 3.65. The van der Waals surface area contributed by atoms with Crippen molar-refractivity contribution in [3.05, 3.63) is 75.1 Å². The number of hydrogen-bond donors (Lipinski definition) is 1. The van der Waals surface area contributed by atoms with Gasteiger partial charge in [-0.3, -0.25) is 19.3 Å². The van der Waals surface area contributed by atoms with Crippen LogP contribution in [0.15, 0.2) is 64.0 Å². The molecule has 0 spiro atoms. The van der Waals surface area contributed by atoms with Gasteiger partial charge >= 0.3 is 0 Å². The molecule has 3 amide bonds. The third-order valence-corrected chi connectivity index (χ3v) is 5.05. The fourth-order valence-electron chi connectivity index (χ4n) is 2.38. The number of hydrogen-bond acceptors (Lipinski definition) is 4. The summed E-state index contributed by atoms with van der Waals surface area (Å²) in [5, 5.41) is 2.28. The number of thioether (sulfide) groups is 1. The largest absolute Gasteiger partial charge is 0.350 e. The second-order valence-corrected chi connectivity index (χ2v) is 7.49. The second-order valence-electron chi connectivity index (χ2n) is 5.59. The van der Waals surface area contributed by atoms with Crippen LogP contribution in [0.3, 0.4) is 0 Å². The van der Waals surface area contributed by atoms with Crippen molar-refractivity contribution in [3.63, 3.8) is 0 Å². The standard InChI is InChI=1S/C19H15BrN2O3S/c20-15-8-4-7-14(9-15)10-16-18(24)22(19(25)26-16)12-17(23)21-11-13-5-2-1-3-6-13/h1-10H,11-12H2,(H,21,23)/b16-10-. The smallest absolute Gasteiger partial charge is 0.294 e. The van der Waals surface area contributed by atoms with Gasteiger partial charge in [0.25, 0.3) is 11.1 Å². The second kappa shape index (κ2) is 8.33. The molecular formula is C19H15BrN2O3S. The molecule has 0 atom stereocenters. The summed E-state index contributed by atoms with van der Waals surface area (Å²) in [7, 11) is 0. The van der Waals surface area contributed by atoms with Gasteiger partial charge in [0.05, 0.1) is 4.91 Å². The van der Waals surface area contributed by atoms with E-state index in [1.807, 2.05) is 54.6 Å². The number of benzene rings is 2. The summed E-state index contributed by atoms with van der Waals surface area (Å²) < 4.78 is 0.880. The highest BCUT2D eigenvalue weighted by Crippen LogP contribution is 2.32. The molecule has 2 aromatic rings. The number of carbonyl (C=O) groups excluding carboxylic acids is 3. The summed E-state index contributed by atoms with van der Waals surface area (Å²) in [6, 6.07) is 16.8. The SMILES string of the molecule is O=C(CN1C(=O)S/C(=C\c2cccc(Br)c2)C1=O)NCc1ccccc1. The van der Waals surface area contributed by atoms with E-state index in [9.17, 15) is 14.4 Å². The summed E-state index contributed by atoms with van der Waals surface area (Å²) in [5.74, 6) is -0.824. The third kappa shape index (κ3) is 4.62. The van der Waals surface area contributed by atoms with E-state index in [2.05, 4.69) is 21.2 Å². The van der Waals surface area contributed by atoms with Crippen molar-refractivity contribution in [2.45, 2.75) is 6.54 Å². The van der Waals surface area contributed by atoms with Crippen LogP contribution < -0.4 is 5.32 Å². The quantitative estimate of drug-likeness (QED) is 0.732. The molecule has 1 saturated heterocycles. The predicted molar refractivity (Wildman–Crippen MR) is 105 cm³/mol. The van der Waals surface area contributed by atoms with Gasteiger partial charge in [-0.1, -0.05) is 58.4 Å². The van der Waals surface area contributed by atoms with Crippen molar-refractivity contribution < 1.29 is 14.4 Å². The molecule has 132 valence electrons. The number of imide groups is 1. The highest BCUT2D eigenvalue weighted by atomic mass is 79.9. The molecule has 26 heavy (non-hydrogen) atoms. The number of amides is 3. The summed E-state index contributed by atoms with van der Waals surface area (Å²) in [6.07, 6.45) is 1.65. The molecule has 0 unspecified atom stereocenters. The average Bonchev–Trinajstić information content (AvgIpc) is 2.88. The van der Waals surface area contributed by atoms with Crippen molar-refractivity contribution in [2.75, 3.05) is 6.54 Å². The van der Waals surface area contributed by atoms with Gasteiger partial charge in [-0.25, -0.2) is 0 Å². The van der Waals surface area contributed by atoms with Gasteiger partial charge in [0, 0.05) is 11.0 Å². The van der Waals surface area contributed by atoms with E-state index in [0.717, 1.165) is 32.3 Å².